The van der Waals surface area contributed by atoms with Gasteiger partial charge >= 0.3 is 0 Å². The zero-order valence-corrected chi connectivity index (χ0v) is 19.5. The number of likely N-dealkylation sites (N-methyl/N-ethyl adjacent to an activating group) is 1. The van der Waals surface area contributed by atoms with Gasteiger partial charge in [-0.25, -0.2) is 0 Å². The minimum Gasteiger partial charge on any atom is -0.497 e. The highest BCUT2D eigenvalue weighted by Crippen LogP contribution is 2.36. The van der Waals surface area contributed by atoms with Crippen molar-refractivity contribution >= 4 is 46.4 Å². The number of nitrogens with zero attached hydrogens (tertiary/aromatic N) is 2. The molecule has 0 atom stereocenters. The summed E-state index contributed by atoms with van der Waals surface area (Å²) >= 11 is 5.13. The third kappa shape index (κ3) is 4.68. The summed E-state index contributed by atoms with van der Waals surface area (Å²) < 4.78 is 16.1. The van der Waals surface area contributed by atoms with Crippen LogP contribution in [0.1, 0.15) is 12.5 Å². The van der Waals surface area contributed by atoms with Crippen LogP contribution in [0.3, 0.4) is 0 Å². The second kappa shape index (κ2) is 9.75. The summed E-state index contributed by atoms with van der Waals surface area (Å²) in [7, 11) is 3.30. The van der Waals surface area contributed by atoms with Crippen molar-refractivity contribution in [2.75, 3.05) is 25.7 Å². The van der Waals surface area contributed by atoms with E-state index in [-0.39, 0.29) is 16.8 Å². The minimum absolute atomic E-state index is 0.190. The van der Waals surface area contributed by atoms with Crippen molar-refractivity contribution in [3.8, 4) is 11.5 Å². The normalized spacial score (nSPS) is 14.4. The lowest BCUT2D eigenvalue weighted by Crippen LogP contribution is -2.27. The first-order chi connectivity index (χ1) is 16.0. The number of anilines is 3. The molecule has 3 aromatic carbocycles. The molecular formula is C26H24N2O4S. The lowest BCUT2D eigenvalue weighted by molar-refractivity contribution is -0.122. The Kier molecular flexibility index (Phi) is 6.60. The standard InChI is InChI=1S/C26H24N2O4S/c1-4-27-25(29)24(32-26(27)33)17-18-5-7-19(8-6-18)28(20-9-13-22(30-2)14-10-20)21-11-15-23(31-3)16-12-21/h5-17H,4H2,1-3H3. The first-order valence-corrected chi connectivity index (χ1v) is 10.9. The molecule has 6 nitrogen and oxygen atoms in total. The van der Waals surface area contributed by atoms with Crippen LogP contribution < -0.4 is 14.4 Å². The predicted molar refractivity (Wildman–Crippen MR) is 133 cm³/mol. The Hall–Kier alpha value is -3.84. The van der Waals surface area contributed by atoms with Gasteiger partial charge in [-0.3, -0.25) is 9.69 Å². The molecule has 0 N–H and O–H groups in total. The van der Waals surface area contributed by atoms with E-state index in [1.807, 2.05) is 79.7 Å². The number of amides is 1. The molecule has 0 radical (unpaired) electrons. The molecular weight excluding hydrogens is 436 g/mol. The minimum atomic E-state index is -0.218. The van der Waals surface area contributed by atoms with Crippen LogP contribution in [0.15, 0.2) is 78.6 Å². The molecule has 0 aliphatic carbocycles. The molecule has 1 heterocycles. The quantitative estimate of drug-likeness (QED) is 0.334. The van der Waals surface area contributed by atoms with Gasteiger partial charge in [-0.15, -0.1) is 0 Å². The maximum absolute atomic E-state index is 12.4. The summed E-state index contributed by atoms with van der Waals surface area (Å²) in [4.78, 5) is 16.0. The Morgan fingerprint density at radius 2 is 1.30 bits per heavy atom. The zero-order valence-electron chi connectivity index (χ0n) is 18.6. The van der Waals surface area contributed by atoms with E-state index in [1.165, 1.54) is 4.90 Å². The SMILES string of the molecule is CCN1C(=O)C(=Cc2ccc(N(c3ccc(OC)cc3)c3ccc(OC)cc3)cc2)OC1=S. The molecule has 33 heavy (non-hydrogen) atoms. The topological polar surface area (TPSA) is 51.2 Å². The molecule has 0 bridgehead atoms. The lowest BCUT2D eigenvalue weighted by atomic mass is 10.1. The van der Waals surface area contributed by atoms with Crippen molar-refractivity contribution < 1.29 is 19.0 Å². The van der Waals surface area contributed by atoms with Gasteiger partial charge in [0.1, 0.15) is 11.5 Å². The number of carbonyl (C=O) groups is 1. The lowest BCUT2D eigenvalue weighted by Gasteiger charge is -2.26. The largest absolute Gasteiger partial charge is 0.497 e. The molecule has 7 heteroatoms. The van der Waals surface area contributed by atoms with Crippen LogP contribution in [0.5, 0.6) is 11.5 Å². The third-order valence-electron chi connectivity index (χ3n) is 5.30. The summed E-state index contributed by atoms with van der Waals surface area (Å²) in [6, 6.07) is 23.6. The highest BCUT2D eigenvalue weighted by molar-refractivity contribution is 7.80. The Bertz CT molecular complexity index is 1120. The molecule has 4 rings (SSSR count). The van der Waals surface area contributed by atoms with Crippen molar-refractivity contribution in [1.82, 2.24) is 4.90 Å². The monoisotopic (exact) mass is 460 g/mol. The van der Waals surface area contributed by atoms with Gasteiger partial charge in [-0.2, -0.15) is 0 Å². The highest BCUT2D eigenvalue weighted by atomic mass is 32.1. The van der Waals surface area contributed by atoms with Crippen molar-refractivity contribution in [3.05, 3.63) is 84.1 Å². The van der Waals surface area contributed by atoms with Crippen LogP contribution in [0.25, 0.3) is 6.08 Å². The van der Waals surface area contributed by atoms with Crippen LogP contribution in [0, 0.1) is 0 Å². The van der Waals surface area contributed by atoms with E-state index in [4.69, 9.17) is 26.4 Å². The van der Waals surface area contributed by atoms with E-state index in [9.17, 15) is 4.79 Å². The highest BCUT2D eigenvalue weighted by Gasteiger charge is 2.31. The van der Waals surface area contributed by atoms with Crippen molar-refractivity contribution in [3.63, 3.8) is 0 Å². The first kappa shape index (κ1) is 22.4. The third-order valence-corrected chi connectivity index (χ3v) is 5.60. The van der Waals surface area contributed by atoms with E-state index in [2.05, 4.69) is 4.90 Å². The molecule has 1 amide bonds. The average molecular weight is 461 g/mol. The molecule has 1 saturated heterocycles. The predicted octanol–water partition coefficient (Wildman–Crippen LogP) is 5.68. The summed E-state index contributed by atoms with van der Waals surface area (Å²) in [6.07, 6.45) is 1.71. The van der Waals surface area contributed by atoms with Crippen LogP contribution >= 0.6 is 12.2 Å². The van der Waals surface area contributed by atoms with E-state index < -0.39 is 0 Å². The molecule has 0 saturated carbocycles. The van der Waals surface area contributed by atoms with E-state index in [0.717, 1.165) is 34.1 Å². The summed E-state index contributed by atoms with van der Waals surface area (Å²) in [5.41, 5.74) is 3.75. The average Bonchev–Trinajstić information content (AvgIpc) is 3.13. The fourth-order valence-electron chi connectivity index (χ4n) is 3.55. The molecule has 3 aromatic rings. The van der Waals surface area contributed by atoms with E-state index >= 15 is 0 Å². The number of hydrogen-bond donors (Lipinski definition) is 0. The van der Waals surface area contributed by atoms with E-state index in [1.54, 1.807) is 20.3 Å². The van der Waals surface area contributed by atoms with Crippen LogP contribution in [0.4, 0.5) is 17.1 Å². The van der Waals surface area contributed by atoms with Crippen LogP contribution in [-0.4, -0.2) is 36.7 Å². The number of thiocarbonyl (C=S) groups is 1. The van der Waals surface area contributed by atoms with Crippen molar-refractivity contribution in [2.24, 2.45) is 0 Å². The van der Waals surface area contributed by atoms with Gasteiger partial charge in [0.2, 0.25) is 0 Å². The number of carbonyl (C=O) groups excluding carboxylic acids is 1. The number of ether oxygens (including phenoxy) is 3. The van der Waals surface area contributed by atoms with Crippen molar-refractivity contribution in [1.29, 1.82) is 0 Å². The van der Waals surface area contributed by atoms with Crippen LogP contribution in [-0.2, 0) is 9.53 Å². The zero-order chi connectivity index (χ0) is 23.4. The van der Waals surface area contributed by atoms with Gasteiger partial charge in [-0.05, 0) is 91.4 Å². The van der Waals surface area contributed by atoms with Gasteiger partial charge in [0, 0.05) is 23.6 Å². The molecule has 0 unspecified atom stereocenters. The Morgan fingerprint density at radius 3 is 1.70 bits per heavy atom. The number of benzene rings is 3. The molecule has 168 valence electrons. The van der Waals surface area contributed by atoms with Crippen LogP contribution in [0.2, 0.25) is 0 Å². The van der Waals surface area contributed by atoms with Gasteiger partial charge in [0.15, 0.2) is 5.76 Å². The Balaban J connectivity index is 1.67. The van der Waals surface area contributed by atoms with Gasteiger partial charge in [0.25, 0.3) is 11.1 Å². The van der Waals surface area contributed by atoms with E-state index in [0.29, 0.717) is 6.54 Å². The first-order valence-electron chi connectivity index (χ1n) is 10.5. The molecule has 1 aliphatic heterocycles. The van der Waals surface area contributed by atoms with Gasteiger partial charge < -0.3 is 19.1 Å². The van der Waals surface area contributed by atoms with Gasteiger partial charge in [0.05, 0.1) is 14.2 Å². The number of hydrogen-bond acceptors (Lipinski definition) is 6. The molecule has 0 aromatic heterocycles. The summed E-state index contributed by atoms with van der Waals surface area (Å²) in [5, 5.41) is 0.190. The molecule has 1 aliphatic rings. The second-order valence-electron chi connectivity index (χ2n) is 7.25. The number of rotatable bonds is 7. The smallest absolute Gasteiger partial charge is 0.297 e. The fourth-order valence-corrected chi connectivity index (χ4v) is 3.86. The number of methoxy groups -OCH3 is 2. The Labute approximate surface area is 198 Å². The Morgan fingerprint density at radius 1 is 0.848 bits per heavy atom. The fraction of sp³-hybridized carbons (Fsp3) is 0.154. The maximum Gasteiger partial charge on any atom is 0.297 e. The molecule has 1 fully saturated rings. The maximum atomic E-state index is 12.4. The molecule has 0 spiro atoms. The van der Waals surface area contributed by atoms with Crippen molar-refractivity contribution in [2.45, 2.75) is 6.92 Å². The second-order valence-corrected chi connectivity index (χ2v) is 7.60. The summed E-state index contributed by atoms with van der Waals surface area (Å²) in [5.74, 6) is 1.59. The summed E-state index contributed by atoms with van der Waals surface area (Å²) in [6.45, 7) is 2.34. The van der Waals surface area contributed by atoms with Gasteiger partial charge in [-0.1, -0.05) is 12.1 Å².